The third-order valence-corrected chi connectivity index (χ3v) is 2.23. The minimum atomic E-state index is -3.34. The molecule has 0 aliphatic heterocycles. The molecule has 1 rings (SSSR count). The van der Waals surface area contributed by atoms with Gasteiger partial charge in [0.1, 0.15) is 12.4 Å². The molecule has 0 radical (unpaired) electrons. The van der Waals surface area contributed by atoms with Gasteiger partial charge in [-0.05, 0) is 18.2 Å². The molecule has 1 aromatic rings. The Morgan fingerprint density at radius 2 is 2.22 bits per heavy atom. The number of amides is 1. The summed E-state index contributed by atoms with van der Waals surface area (Å²) in [5.74, 6) is -3.74. The summed E-state index contributed by atoms with van der Waals surface area (Å²) in [6, 6.07) is 4.18. The summed E-state index contributed by atoms with van der Waals surface area (Å²) in [4.78, 5) is 11.6. The number of ether oxygens (including phenoxy) is 1. The number of nitrogen functional groups attached to an aromatic ring is 1. The molecule has 1 aromatic carbocycles. The lowest BCUT2D eigenvalue weighted by molar-refractivity contribution is -0.0462. The summed E-state index contributed by atoms with van der Waals surface area (Å²) in [5.41, 5.74) is 6.05. The zero-order valence-corrected chi connectivity index (χ0v) is 9.74. The average Bonchev–Trinajstić information content (AvgIpc) is 2.36. The topological polar surface area (TPSA) is 84.6 Å². The fraction of sp³-hybridized carbons (Fsp3) is 0.364. The Balaban J connectivity index is 2.73. The molecule has 0 heterocycles. The van der Waals surface area contributed by atoms with Crippen molar-refractivity contribution in [3.63, 3.8) is 0 Å². The highest BCUT2D eigenvalue weighted by Gasteiger charge is 2.28. The van der Waals surface area contributed by atoms with E-state index in [4.69, 9.17) is 15.6 Å². The number of carbonyl (C=O) groups excluding carboxylic acids is 1. The van der Waals surface area contributed by atoms with Crippen LogP contribution in [0.4, 0.5) is 14.5 Å². The second-order valence-electron chi connectivity index (χ2n) is 3.65. The van der Waals surface area contributed by atoms with Crippen LogP contribution < -0.4 is 15.8 Å². The minimum Gasteiger partial charge on any atom is -0.495 e. The Labute approximate surface area is 103 Å². The van der Waals surface area contributed by atoms with E-state index in [1.807, 2.05) is 5.32 Å². The van der Waals surface area contributed by atoms with E-state index in [2.05, 4.69) is 0 Å². The maximum absolute atomic E-state index is 12.7. The first-order valence-corrected chi connectivity index (χ1v) is 5.10. The number of anilines is 1. The molecular formula is C11H14F2N2O3. The number of nitrogens with two attached hydrogens (primary N) is 1. The van der Waals surface area contributed by atoms with Gasteiger partial charge in [-0.3, -0.25) is 4.79 Å². The Hall–Kier alpha value is -1.89. The largest absolute Gasteiger partial charge is 0.495 e. The van der Waals surface area contributed by atoms with Crippen LogP contribution in [-0.2, 0) is 0 Å². The van der Waals surface area contributed by atoms with Crippen molar-refractivity contribution in [2.24, 2.45) is 0 Å². The van der Waals surface area contributed by atoms with Gasteiger partial charge in [0.25, 0.3) is 11.8 Å². The molecule has 0 unspecified atom stereocenters. The number of nitrogens with one attached hydrogen (secondary N) is 1. The lowest BCUT2D eigenvalue weighted by atomic mass is 10.1. The zero-order valence-electron chi connectivity index (χ0n) is 9.74. The van der Waals surface area contributed by atoms with Gasteiger partial charge in [0.05, 0.1) is 19.3 Å². The summed E-state index contributed by atoms with van der Waals surface area (Å²) in [5, 5.41) is 10.4. The van der Waals surface area contributed by atoms with Crippen LogP contribution in [0.2, 0.25) is 0 Å². The third-order valence-electron chi connectivity index (χ3n) is 2.23. The normalized spacial score (nSPS) is 11.1. The highest BCUT2D eigenvalue weighted by atomic mass is 19.3. The quantitative estimate of drug-likeness (QED) is 0.678. The lowest BCUT2D eigenvalue weighted by Gasteiger charge is -2.14. The van der Waals surface area contributed by atoms with Gasteiger partial charge in [0.2, 0.25) is 0 Å². The molecule has 0 saturated heterocycles. The molecule has 0 bridgehead atoms. The Morgan fingerprint density at radius 1 is 1.56 bits per heavy atom. The van der Waals surface area contributed by atoms with Crippen LogP contribution >= 0.6 is 0 Å². The van der Waals surface area contributed by atoms with Gasteiger partial charge in [-0.25, -0.2) is 8.78 Å². The molecule has 0 fully saturated rings. The average molecular weight is 260 g/mol. The molecule has 0 spiro atoms. The van der Waals surface area contributed by atoms with Crippen molar-refractivity contribution in [1.82, 2.24) is 5.32 Å². The van der Waals surface area contributed by atoms with E-state index in [9.17, 15) is 13.6 Å². The number of hydrogen-bond acceptors (Lipinski definition) is 4. The second kappa shape index (κ2) is 5.63. The predicted molar refractivity (Wildman–Crippen MR) is 61.8 cm³/mol. The van der Waals surface area contributed by atoms with Crippen LogP contribution in [0.5, 0.6) is 5.75 Å². The fourth-order valence-electron chi connectivity index (χ4n) is 1.22. The van der Waals surface area contributed by atoms with Gasteiger partial charge in [0.15, 0.2) is 0 Å². The fourth-order valence-corrected chi connectivity index (χ4v) is 1.22. The lowest BCUT2D eigenvalue weighted by Crippen LogP contribution is -2.38. The van der Waals surface area contributed by atoms with Crippen LogP contribution in [0.25, 0.3) is 0 Å². The smallest absolute Gasteiger partial charge is 0.287 e. The van der Waals surface area contributed by atoms with Crippen LogP contribution in [0.3, 0.4) is 0 Å². The standard InChI is InChI=1S/C11H14F2N2O3/c1-18-9-4-7(2-3-8(9)14)10(17)15-5-11(12,13)6-16/h2-4,16H,5-6,14H2,1H3,(H,15,17). The van der Waals surface area contributed by atoms with Crippen molar-refractivity contribution in [2.45, 2.75) is 5.92 Å². The molecule has 0 aromatic heterocycles. The third kappa shape index (κ3) is 3.56. The summed E-state index contributed by atoms with van der Waals surface area (Å²) in [6.45, 7) is -2.26. The Kier molecular flexibility index (Phi) is 4.43. The first-order chi connectivity index (χ1) is 8.39. The first-order valence-electron chi connectivity index (χ1n) is 5.10. The van der Waals surface area contributed by atoms with Gasteiger partial charge in [0, 0.05) is 5.56 Å². The molecule has 1 amide bonds. The molecule has 4 N–H and O–H groups in total. The van der Waals surface area contributed by atoms with E-state index in [0.29, 0.717) is 5.69 Å². The maximum atomic E-state index is 12.7. The summed E-state index contributed by atoms with van der Waals surface area (Å²) in [6.07, 6.45) is 0. The van der Waals surface area contributed by atoms with Crippen molar-refractivity contribution in [3.8, 4) is 5.75 Å². The van der Waals surface area contributed by atoms with E-state index in [0.717, 1.165) is 0 Å². The Morgan fingerprint density at radius 3 is 2.78 bits per heavy atom. The van der Waals surface area contributed by atoms with Crippen LogP contribution in [0, 0.1) is 0 Å². The molecule has 18 heavy (non-hydrogen) atoms. The number of rotatable bonds is 5. The van der Waals surface area contributed by atoms with E-state index >= 15 is 0 Å². The number of methoxy groups -OCH3 is 1. The van der Waals surface area contributed by atoms with Crippen molar-refractivity contribution < 1.29 is 23.4 Å². The number of alkyl halides is 2. The molecule has 0 aliphatic rings. The molecule has 0 atom stereocenters. The molecule has 0 saturated carbocycles. The number of aliphatic hydroxyl groups excluding tert-OH is 1. The van der Waals surface area contributed by atoms with E-state index in [1.54, 1.807) is 0 Å². The number of benzene rings is 1. The summed E-state index contributed by atoms with van der Waals surface area (Å²) in [7, 11) is 1.38. The van der Waals surface area contributed by atoms with Gasteiger partial charge in [-0.15, -0.1) is 0 Å². The molecule has 5 nitrogen and oxygen atoms in total. The molecule has 0 aliphatic carbocycles. The van der Waals surface area contributed by atoms with Crippen molar-refractivity contribution in [1.29, 1.82) is 0 Å². The first kappa shape index (κ1) is 14.2. The van der Waals surface area contributed by atoms with Gasteiger partial charge < -0.3 is 20.9 Å². The van der Waals surface area contributed by atoms with E-state index < -0.39 is 25.0 Å². The number of carbonyl (C=O) groups is 1. The van der Waals surface area contributed by atoms with Gasteiger partial charge in [-0.2, -0.15) is 0 Å². The highest BCUT2D eigenvalue weighted by Crippen LogP contribution is 2.22. The van der Waals surface area contributed by atoms with Crippen LogP contribution in [0.1, 0.15) is 10.4 Å². The molecule has 7 heteroatoms. The highest BCUT2D eigenvalue weighted by molar-refractivity contribution is 5.95. The summed E-state index contributed by atoms with van der Waals surface area (Å²) < 4.78 is 30.4. The van der Waals surface area contributed by atoms with Crippen molar-refractivity contribution in [3.05, 3.63) is 23.8 Å². The maximum Gasteiger partial charge on any atom is 0.287 e. The minimum absolute atomic E-state index is 0.148. The molecular weight excluding hydrogens is 246 g/mol. The molecule has 100 valence electrons. The van der Waals surface area contributed by atoms with Crippen LogP contribution in [-0.4, -0.2) is 37.2 Å². The van der Waals surface area contributed by atoms with Gasteiger partial charge >= 0.3 is 0 Å². The van der Waals surface area contributed by atoms with Crippen LogP contribution in [0.15, 0.2) is 18.2 Å². The predicted octanol–water partition coefficient (Wildman–Crippen LogP) is 0.635. The number of aliphatic hydroxyl groups is 1. The number of hydrogen-bond donors (Lipinski definition) is 3. The SMILES string of the molecule is COc1cc(C(=O)NCC(F)(F)CO)ccc1N. The number of halogens is 2. The zero-order chi connectivity index (χ0) is 13.8. The summed E-state index contributed by atoms with van der Waals surface area (Å²) >= 11 is 0. The van der Waals surface area contributed by atoms with E-state index in [1.165, 1.54) is 25.3 Å². The van der Waals surface area contributed by atoms with Crippen molar-refractivity contribution in [2.75, 3.05) is 26.0 Å². The van der Waals surface area contributed by atoms with E-state index in [-0.39, 0.29) is 11.3 Å². The Bertz CT molecular complexity index is 438. The van der Waals surface area contributed by atoms with Crippen molar-refractivity contribution >= 4 is 11.6 Å². The second-order valence-corrected chi connectivity index (χ2v) is 3.65. The van der Waals surface area contributed by atoms with Gasteiger partial charge in [-0.1, -0.05) is 0 Å². The monoisotopic (exact) mass is 260 g/mol.